The lowest BCUT2D eigenvalue weighted by Gasteiger charge is -2.12. The molecule has 0 aliphatic heterocycles. The van der Waals surface area contributed by atoms with Gasteiger partial charge in [0.1, 0.15) is 11.2 Å². The van der Waals surface area contributed by atoms with Crippen molar-refractivity contribution in [2.75, 3.05) is 0 Å². The van der Waals surface area contributed by atoms with Crippen LogP contribution in [-0.4, -0.2) is 19.9 Å². The molecule has 0 saturated carbocycles. The molecular weight excluding hydrogens is 625 g/mol. The smallest absolute Gasteiger partial charge is 0.164 e. The quantitative estimate of drug-likeness (QED) is 0.173. The standard InChI is InChI=1S/C46H28N4O/c1-3-10-30(11-4-1)44-48-45(31-12-5-2-6-13-31)50-46(49-44)34-15-9-14-33(24-34)40-26-36(27-41-38-16-7-8-17-42(38)51-43(40)41)32-20-18-29-19-21-35-28-47-23-22-37(35)39(29)25-32/h1-28H. The molecule has 10 rings (SSSR count). The third kappa shape index (κ3) is 5.11. The van der Waals surface area contributed by atoms with Crippen LogP contribution < -0.4 is 0 Å². The maximum absolute atomic E-state index is 6.61. The molecule has 0 unspecified atom stereocenters. The molecule has 0 aliphatic carbocycles. The molecule has 10 aromatic rings. The highest BCUT2D eigenvalue weighted by atomic mass is 16.3. The number of hydrogen-bond acceptors (Lipinski definition) is 5. The van der Waals surface area contributed by atoms with Gasteiger partial charge < -0.3 is 4.42 Å². The molecule has 0 aliphatic rings. The zero-order valence-electron chi connectivity index (χ0n) is 27.4. The highest BCUT2D eigenvalue weighted by Gasteiger charge is 2.18. The van der Waals surface area contributed by atoms with E-state index in [4.69, 9.17) is 19.4 Å². The normalized spacial score (nSPS) is 11.5. The largest absolute Gasteiger partial charge is 0.455 e. The summed E-state index contributed by atoms with van der Waals surface area (Å²) in [4.78, 5) is 19.2. The predicted octanol–water partition coefficient (Wildman–Crippen LogP) is 11.8. The van der Waals surface area contributed by atoms with Crippen molar-refractivity contribution in [1.29, 1.82) is 0 Å². The Morgan fingerprint density at radius 1 is 0.373 bits per heavy atom. The maximum atomic E-state index is 6.61. The van der Waals surface area contributed by atoms with E-state index in [0.717, 1.165) is 66.3 Å². The monoisotopic (exact) mass is 652 g/mol. The Labute approximate surface area is 293 Å². The predicted molar refractivity (Wildman–Crippen MR) is 207 cm³/mol. The topological polar surface area (TPSA) is 64.7 Å². The molecule has 0 fully saturated rings. The van der Waals surface area contributed by atoms with Gasteiger partial charge in [0.15, 0.2) is 17.5 Å². The molecule has 0 amide bonds. The number of para-hydroxylation sites is 1. The Hall–Kier alpha value is -6.98. The van der Waals surface area contributed by atoms with E-state index in [9.17, 15) is 0 Å². The lowest BCUT2D eigenvalue weighted by Crippen LogP contribution is -2.00. The summed E-state index contributed by atoms with van der Waals surface area (Å²) < 4.78 is 6.61. The van der Waals surface area contributed by atoms with Gasteiger partial charge in [0.2, 0.25) is 0 Å². The molecule has 3 heterocycles. The van der Waals surface area contributed by atoms with Gasteiger partial charge in [0.05, 0.1) is 0 Å². The molecule has 238 valence electrons. The average Bonchev–Trinajstić information content (AvgIpc) is 3.59. The highest BCUT2D eigenvalue weighted by Crippen LogP contribution is 2.41. The van der Waals surface area contributed by atoms with Crippen LogP contribution in [0.3, 0.4) is 0 Å². The van der Waals surface area contributed by atoms with Crippen molar-refractivity contribution in [3.05, 3.63) is 170 Å². The zero-order valence-corrected chi connectivity index (χ0v) is 27.4. The fourth-order valence-corrected chi connectivity index (χ4v) is 7.05. The van der Waals surface area contributed by atoms with Crippen molar-refractivity contribution in [2.45, 2.75) is 0 Å². The Kier molecular flexibility index (Phi) is 6.74. The molecule has 0 spiro atoms. The number of nitrogens with zero attached hydrogens (tertiary/aromatic N) is 4. The van der Waals surface area contributed by atoms with E-state index in [0.29, 0.717) is 17.5 Å². The van der Waals surface area contributed by atoms with E-state index in [2.05, 4.69) is 89.9 Å². The summed E-state index contributed by atoms with van der Waals surface area (Å²) >= 11 is 0. The van der Waals surface area contributed by atoms with Gasteiger partial charge in [0.25, 0.3) is 0 Å². The summed E-state index contributed by atoms with van der Waals surface area (Å²) in [6.45, 7) is 0. The van der Waals surface area contributed by atoms with E-state index in [-0.39, 0.29) is 0 Å². The van der Waals surface area contributed by atoms with Crippen molar-refractivity contribution in [2.24, 2.45) is 0 Å². The molecule has 51 heavy (non-hydrogen) atoms. The van der Waals surface area contributed by atoms with Crippen LogP contribution in [0.5, 0.6) is 0 Å². The van der Waals surface area contributed by atoms with E-state index in [1.807, 2.05) is 85.2 Å². The fraction of sp³-hybridized carbons (Fsp3) is 0. The minimum Gasteiger partial charge on any atom is -0.455 e. The van der Waals surface area contributed by atoms with Gasteiger partial charge >= 0.3 is 0 Å². The molecule has 0 atom stereocenters. The lowest BCUT2D eigenvalue weighted by molar-refractivity contribution is 0.670. The first kappa shape index (κ1) is 29.0. The number of rotatable bonds is 5. The van der Waals surface area contributed by atoms with Gasteiger partial charge in [0, 0.05) is 50.8 Å². The van der Waals surface area contributed by atoms with Gasteiger partial charge in [-0.3, -0.25) is 4.98 Å². The molecule has 0 N–H and O–H groups in total. The van der Waals surface area contributed by atoms with Crippen molar-refractivity contribution < 1.29 is 4.42 Å². The molecule has 0 radical (unpaired) electrons. The lowest BCUT2D eigenvalue weighted by atomic mass is 9.93. The summed E-state index contributed by atoms with van der Waals surface area (Å²) in [7, 11) is 0. The van der Waals surface area contributed by atoms with Gasteiger partial charge in [-0.05, 0) is 69.2 Å². The Morgan fingerprint density at radius 3 is 1.78 bits per heavy atom. The summed E-state index contributed by atoms with van der Waals surface area (Å²) in [6, 6.07) is 54.4. The molecule has 5 nitrogen and oxygen atoms in total. The third-order valence-electron chi connectivity index (χ3n) is 9.58. The number of furan rings is 1. The molecule has 0 saturated heterocycles. The second-order valence-electron chi connectivity index (χ2n) is 12.7. The van der Waals surface area contributed by atoms with E-state index < -0.39 is 0 Å². The van der Waals surface area contributed by atoms with E-state index in [1.165, 1.54) is 16.2 Å². The van der Waals surface area contributed by atoms with E-state index >= 15 is 0 Å². The summed E-state index contributed by atoms with van der Waals surface area (Å²) in [5.41, 5.74) is 8.73. The Morgan fingerprint density at radius 2 is 1.00 bits per heavy atom. The Balaban J connectivity index is 1.17. The van der Waals surface area contributed by atoms with Gasteiger partial charge in [-0.25, -0.2) is 15.0 Å². The first-order valence-electron chi connectivity index (χ1n) is 17.0. The summed E-state index contributed by atoms with van der Waals surface area (Å²) in [5, 5.41) is 6.87. The zero-order chi connectivity index (χ0) is 33.7. The minimum atomic E-state index is 0.609. The average molecular weight is 653 g/mol. The highest BCUT2D eigenvalue weighted by molar-refractivity contribution is 6.12. The van der Waals surface area contributed by atoms with Crippen LogP contribution >= 0.6 is 0 Å². The van der Waals surface area contributed by atoms with Crippen LogP contribution in [0.4, 0.5) is 0 Å². The van der Waals surface area contributed by atoms with Crippen LogP contribution in [-0.2, 0) is 0 Å². The number of aromatic nitrogens is 4. The number of pyridine rings is 1. The third-order valence-corrected chi connectivity index (χ3v) is 9.58. The maximum Gasteiger partial charge on any atom is 0.164 e. The van der Waals surface area contributed by atoms with Crippen molar-refractivity contribution in [3.63, 3.8) is 0 Å². The van der Waals surface area contributed by atoms with Crippen LogP contribution in [0.25, 0.3) is 99.9 Å². The van der Waals surface area contributed by atoms with Gasteiger partial charge in [-0.1, -0.05) is 121 Å². The Bertz CT molecular complexity index is 2860. The molecule has 7 aromatic carbocycles. The van der Waals surface area contributed by atoms with E-state index in [1.54, 1.807) is 0 Å². The van der Waals surface area contributed by atoms with Crippen molar-refractivity contribution in [3.8, 4) is 56.4 Å². The number of fused-ring (bicyclic) bond motifs is 6. The first-order valence-corrected chi connectivity index (χ1v) is 17.0. The van der Waals surface area contributed by atoms with Gasteiger partial charge in [-0.15, -0.1) is 0 Å². The SMILES string of the molecule is c1ccc(-c2nc(-c3ccccc3)nc(-c3cccc(-c4cc(-c5ccc6ccc7cnccc7c6c5)cc5c4oc4ccccc45)c3)n2)cc1. The summed E-state index contributed by atoms with van der Waals surface area (Å²) in [6.07, 6.45) is 3.79. The van der Waals surface area contributed by atoms with Crippen LogP contribution in [0.15, 0.2) is 175 Å². The molecular formula is C46H28N4O. The van der Waals surface area contributed by atoms with Crippen molar-refractivity contribution in [1.82, 2.24) is 19.9 Å². The summed E-state index contributed by atoms with van der Waals surface area (Å²) in [5.74, 6) is 1.87. The van der Waals surface area contributed by atoms with Gasteiger partial charge in [-0.2, -0.15) is 0 Å². The van der Waals surface area contributed by atoms with Crippen LogP contribution in [0, 0.1) is 0 Å². The minimum absolute atomic E-state index is 0.609. The fourth-order valence-electron chi connectivity index (χ4n) is 7.05. The number of hydrogen-bond donors (Lipinski definition) is 0. The van der Waals surface area contributed by atoms with Crippen LogP contribution in [0.2, 0.25) is 0 Å². The molecule has 5 heteroatoms. The number of benzene rings is 7. The van der Waals surface area contributed by atoms with Crippen LogP contribution in [0.1, 0.15) is 0 Å². The molecule has 3 aromatic heterocycles. The molecule has 0 bridgehead atoms. The second kappa shape index (κ2) is 11.9. The van der Waals surface area contributed by atoms with Crippen molar-refractivity contribution >= 4 is 43.5 Å². The second-order valence-corrected chi connectivity index (χ2v) is 12.7. The first-order chi connectivity index (χ1) is 25.2.